The molecule has 0 bridgehead atoms. The maximum absolute atomic E-state index is 10.4. The highest BCUT2D eigenvalue weighted by Gasteiger charge is 2.16. The average Bonchev–Trinajstić information content (AvgIpc) is 2.04. The molecule has 62 valence electrons. The van der Waals surface area contributed by atoms with Gasteiger partial charge in [-0.1, -0.05) is 11.6 Å². The predicted molar refractivity (Wildman–Crippen MR) is 40.2 cm³/mol. The van der Waals surface area contributed by atoms with Crippen molar-refractivity contribution in [3.05, 3.63) is 5.03 Å². The van der Waals surface area contributed by atoms with Crippen LogP contribution in [-0.2, 0) is 18.4 Å². The Labute approximate surface area is 70.1 Å². The molecule has 0 spiro atoms. The standard InChI is InChI=1S/C5H7ClO4P/c1-9-11(8)10-3-2-5(6)4-7/h2-3H2,1H3/q+1. The molecule has 0 aliphatic carbocycles. The first-order chi connectivity index (χ1) is 5.20. The molecule has 0 rings (SSSR count). The molecule has 0 aromatic heterocycles. The molecule has 0 heterocycles. The molecule has 0 aromatic rings. The zero-order valence-corrected chi connectivity index (χ0v) is 7.52. The normalized spacial score (nSPS) is 10.5. The molecule has 0 aliphatic rings. The molecular weight excluding hydrogens is 190 g/mol. The van der Waals surface area contributed by atoms with E-state index in [2.05, 4.69) is 9.05 Å². The van der Waals surface area contributed by atoms with E-state index in [0.29, 0.717) is 0 Å². The Hall–Kier alpha value is -0.240. The van der Waals surface area contributed by atoms with Crippen LogP contribution in [0.5, 0.6) is 0 Å². The molecule has 0 radical (unpaired) electrons. The van der Waals surface area contributed by atoms with Gasteiger partial charge in [0.15, 0.2) is 0 Å². The third-order valence-electron chi connectivity index (χ3n) is 0.778. The third kappa shape index (κ3) is 6.17. The molecule has 0 amide bonds. The third-order valence-corrected chi connectivity index (χ3v) is 1.74. The number of halogens is 1. The topological polar surface area (TPSA) is 52.6 Å². The first-order valence-electron chi connectivity index (χ1n) is 2.74. The van der Waals surface area contributed by atoms with Gasteiger partial charge in [0.1, 0.15) is 17.6 Å². The maximum Gasteiger partial charge on any atom is 0.697 e. The van der Waals surface area contributed by atoms with Crippen LogP contribution in [0.2, 0.25) is 0 Å². The van der Waals surface area contributed by atoms with Crippen LogP contribution in [0, 0.1) is 0 Å². The zero-order valence-electron chi connectivity index (χ0n) is 5.87. The Morgan fingerprint density at radius 3 is 2.82 bits per heavy atom. The number of rotatable bonds is 5. The van der Waals surface area contributed by atoms with Crippen LogP contribution in [-0.4, -0.2) is 19.7 Å². The molecule has 0 N–H and O–H groups in total. The van der Waals surface area contributed by atoms with E-state index in [1.54, 1.807) is 0 Å². The summed E-state index contributed by atoms with van der Waals surface area (Å²) >= 11 is 5.27. The molecule has 0 saturated carbocycles. The molecule has 11 heavy (non-hydrogen) atoms. The smallest absolute Gasteiger partial charge is 0.232 e. The van der Waals surface area contributed by atoms with E-state index in [0.717, 1.165) is 0 Å². The summed E-state index contributed by atoms with van der Waals surface area (Å²) in [6.45, 7) is 0.0944. The van der Waals surface area contributed by atoms with E-state index in [9.17, 15) is 9.36 Å². The molecule has 0 aromatic carbocycles. The number of hydrogen-bond donors (Lipinski definition) is 0. The number of hydrogen-bond acceptors (Lipinski definition) is 4. The van der Waals surface area contributed by atoms with Crippen molar-refractivity contribution in [1.82, 2.24) is 0 Å². The van der Waals surface area contributed by atoms with Crippen LogP contribution >= 0.6 is 19.9 Å². The summed E-state index contributed by atoms with van der Waals surface area (Å²) in [5.41, 5.74) is 0. The summed E-state index contributed by atoms with van der Waals surface area (Å²) < 4.78 is 19.3. The average molecular weight is 198 g/mol. The van der Waals surface area contributed by atoms with E-state index in [1.807, 2.05) is 0 Å². The lowest BCUT2D eigenvalue weighted by atomic mass is 10.4. The van der Waals surface area contributed by atoms with Crippen LogP contribution in [0.1, 0.15) is 6.42 Å². The van der Waals surface area contributed by atoms with Crippen LogP contribution in [0.25, 0.3) is 0 Å². The lowest BCUT2D eigenvalue weighted by Gasteiger charge is -1.86. The first kappa shape index (κ1) is 10.8. The van der Waals surface area contributed by atoms with Crippen molar-refractivity contribution in [1.29, 1.82) is 0 Å². The minimum Gasteiger partial charge on any atom is -0.232 e. The Kier molecular flexibility index (Phi) is 6.33. The minimum absolute atomic E-state index is 0.0181. The van der Waals surface area contributed by atoms with E-state index in [-0.39, 0.29) is 18.1 Å². The van der Waals surface area contributed by atoms with Gasteiger partial charge in [-0.2, -0.15) is 0 Å². The molecular formula is C5H7ClO4P+. The van der Waals surface area contributed by atoms with Crippen LogP contribution < -0.4 is 0 Å². The summed E-state index contributed by atoms with van der Waals surface area (Å²) in [5.74, 6) is 1.47. The minimum atomic E-state index is -2.07. The highest BCUT2D eigenvalue weighted by Crippen LogP contribution is 2.22. The molecule has 1 atom stereocenters. The Morgan fingerprint density at radius 1 is 1.73 bits per heavy atom. The SMILES string of the molecule is CO[P+](=O)OCCC(Cl)=C=O. The second kappa shape index (κ2) is 6.47. The predicted octanol–water partition coefficient (Wildman–Crippen LogP) is 1.65. The molecule has 4 nitrogen and oxygen atoms in total. The van der Waals surface area contributed by atoms with E-state index < -0.39 is 8.25 Å². The second-order valence-corrected chi connectivity index (χ2v) is 3.02. The lowest BCUT2D eigenvalue weighted by molar-refractivity contribution is 0.260. The van der Waals surface area contributed by atoms with Gasteiger partial charge in [0.2, 0.25) is 0 Å². The van der Waals surface area contributed by atoms with E-state index in [1.165, 1.54) is 13.1 Å². The highest BCUT2D eigenvalue weighted by atomic mass is 35.5. The van der Waals surface area contributed by atoms with Crippen molar-refractivity contribution >= 4 is 25.8 Å². The van der Waals surface area contributed by atoms with Crippen LogP contribution in [0.4, 0.5) is 0 Å². The highest BCUT2D eigenvalue weighted by molar-refractivity contribution is 7.33. The Morgan fingerprint density at radius 2 is 2.36 bits per heavy atom. The molecule has 1 unspecified atom stereocenters. The van der Waals surface area contributed by atoms with Gasteiger partial charge in [-0.3, -0.25) is 0 Å². The van der Waals surface area contributed by atoms with Gasteiger partial charge in [-0.25, -0.2) is 4.79 Å². The summed E-state index contributed by atoms with van der Waals surface area (Å²) in [6, 6.07) is 0. The number of carbonyl (C=O) groups excluding carboxylic acids is 1. The Bertz CT molecular complexity index is 187. The fourth-order valence-corrected chi connectivity index (χ4v) is 0.736. The van der Waals surface area contributed by atoms with Gasteiger partial charge in [0, 0.05) is 11.0 Å². The first-order valence-corrected chi connectivity index (χ1v) is 4.21. The largest absolute Gasteiger partial charge is 0.697 e. The summed E-state index contributed by atoms with van der Waals surface area (Å²) in [5, 5.41) is 0.0181. The maximum atomic E-state index is 10.4. The molecule has 6 heteroatoms. The van der Waals surface area contributed by atoms with Crippen molar-refractivity contribution in [2.24, 2.45) is 0 Å². The zero-order chi connectivity index (χ0) is 8.69. The lowest BCUT2D eigenvalue weighted by Crippen LogP contribution is -1.87. The van der Waals surface area contributed by atoms with Crippen molar-refractivity contribution in [3.63, 3.8) is 0 Å². The summed E-state index contributed by atoms with van der Waals surface area (Å²) in [4.78, 5) is 9.80. The summed E-state index contributed by atoms with van der Waals surface area (Å²) in [7, 11) is -0.806. The van der Waals surface area contributed by atoms with Crippen molar-refractivity contribution in [3.8, 4) is 0 Å². The van der Waals surface area contributed by atoms with Gasteiger partial charge in [0.25, 0.3) is 0 Å². The molecule has 0 saturated heterocycles. The van der Waals surface area contributed by atoms with E-state index >= 15 is 0 Å². The Balaban J connectivity index is 3.42. The van der Waals surface area contributed by atoms with Gasteiger partial charge >= 0.3 is 8.25 Å². The molecule has 0 aliphatic heterocycles. The van der Waals surface area contributed by atoms with Gasteiger partial charge in [0.05, 0.1) is 7.11 Å². The van der Waals surface area contributed by atoms with E-state index in [4.69, 9.17) is 11.6 Å². The van der Waals surface area contributed by atoms with Crippen LogP contribution in [0.3, 0.4) is 0 Å². The fraction of sp³-hybridized carbons (Fsp3) is 0.600. The molecule has 0 fully saturated rings. The van der Waals surface area contributed by atoms with Gasteiger partial charge < -0.3 is 0 Å². The quantitative estimate of drug-likeness (QED) is 0.497. The fourth-order valence-electron chi connectivity index (χ4n) is 0.314. The van der Waals surface area contributed by atoms with Crippen molar-refractivity contribution in [2.45, 2.75) is 6.42 Å². The van der Waals surface area contributed by atoms with Gasteiger partial charge in [-0.15, -0.1) is 9.05 Å². The monoisotopic (exact) mass is 197 g/mol. The van der Waals surface area contributed by atoms with Crippen molar-refractivity contribution < 1.29 is 18.4 Å². The van der Waals surface area contributed by atoms with Crippen LogP contribution in [0.15, 0.2) is 5.03 Å². The van der Waals surface area contributed by atoms with Gasteiger partial charge in [-0.05, 0) is 0 Å². The van der Waals surface area contributed by atoms with Crippen molar-refractivity contribution in [2.75, 3.05) is 13.7 Å². The second-order valence-electron chi connectivity index (χ2n) is 1.50. The summed E-state index contributed by atoms with van der Waals surface area (Å²) in [6.07, 6.45) is 0.204.